The highest BCUT2D eigenvalue weighted by molar-refractivity contribution is 7.99. The molecule has 3 rings (SSSR count). The van der Waals surface area contributed by atoms with Crippen molar-refractivity contribution >= 4 is 23.6 Å². The second kappa shape index (κ2) is 8.47. The second-order valence-corrected chi connectivity index (χ2v) is 7.03. The fourth-order valence-corrected chi connectivity index (χ4v) is 3.05. The van der Waals surface area contributed by atoms with Gasteiger partial charge in [-0.05, 0) is 37.1 Å². The summed E-state index contributed by atoms with van der Waals surface area (Å²) < 4.78 is 44.0. The number of nitrogens with one attached hydrogen (secondary N) is 1. The van der Waals surface area contributed by atoms with Gasteiger partial charge in [0.15, 0.2) is 0 Å². The number of hydrogen-bond acceptors (Lipinski definition) is 4. The number of benzene rings is 2. The van der Waals surface area contributed by atoms with Gasteiger partial charge in [-0.2, -0.15) is 8.78 Å². The van der Waals surface area contributed by atoms with Crippen LogP contribution in [0.3, 0.4) is 0 Å². The zero-order valence-electron chi connectivity index (χ0n) is 14.0. The Morgan fingerprint density at radius 3 is 2.37 bits per heavy atom. The largest absolute Gasteiger partial charge is 0.444 e. The zero-order chi connectivity index (χ0) is 19.4. The summed E-state index contributed by atoms with van der Waals surface area (Å²) in [6.45, 7) is 0. The fraction of sp³-hybridized carbons (Fsp3) is 0.263. The molecule has 27 heavy (non-hydrogen) atoms. The van der Waals surface area contributed by atoms with Crippen LogP contribution >= 0.6 is 11.8 Å². The second-order valence-electron chi connectivity index (χ2n) is 5.99. The Labute approximate surface area is 158 Å². The average Bonchev–Trinajstić information content (AvgIpc) is 3.44. The van der Waals surface area contributed by atoms with E-state index in [0.29, 0.717) is 5.56 Å². The van der Waals surface area contributed by atoms with E-state index in [-0.39, 0.29) is 28.3 Å². The van der Waals surface area contributed by atoms with Crippen LogP contribution < -0.4 is 5.32 Å². The summed E-state index contributed by atoms with van der Waals surface area (Å²) in [5, 5.41) is 2.74. The van der Waals surface area contributed by atoms with Gasteiger partial charge in [0.05, 0.1) is 5.56 Å². The maximum atomic E-state index is 13.2. The molecule has 0 heterocycles. The molecule has 1 unspecified atom stereocenters. The first-order valence-electron chi connectivity index (χ1n) is 8.24. The molecule has 0 aliphatic heterocycles. The summed E-state index contributed by atoms with van der Waals surface area (Å²) in [6, 6.07) is 10.8. The molecule has 2 aromatic carbocycles. The molecule has 1 aliphatic rings. The molecular weight excluding hydrogens is 379 g/mol. The van der Waals surface area contributed by atoms with E-state index in [0.717, 1.165) is 25.0 Å². The first-order valence-corrected chi connectivity index (χ1v) is 9.12. The van der Waals surface area contributed by atoms with Gasteiger partial charge in [0.25, 0.3) is 11.7 Å². The van der Waals surface area contributed by atoms with E-state index >= 15 is 0 Å². The molecule has 0 spiro atoms. The van der Waals surface area contributed by atoms with Crippen LogP contribution in [0.4, 0.5) is 13.2 Å². The van der Waals surface area contributed by atoms with E-state index in [4.69, 9.17) is 4.74 Å². The Kier molecular flexibility index (Phi) is 6.05. The van der Waals surface area contributed by atoms with Crippen molar-refractivity contribution in [2.75, 3.05) is 0 Å². The van der Waals surface area contributed by atoms with Crippen LogP contribution in [0.5, 0.6) is 0 Å². The summed E-state index contributed by atoms with van der Waals surface area (Å²) in [7, 11) is 0. The molecular formula is C19H16F3NO3S. The third-order valence-electron chi connectivity index (χ3n) is 3.88. The van der Waals surface area contributed by atoms with E-state index in [1.54, 1.807) is 0 Å². The Balaban J connectivity index is 1.84. The van der Waals surface area contributed by atoms with Crippen LogP contribution in [0.25, 0.3) is 0 Å². The van der Waals surface area contributed by atoms with Gasteiger partial charge in [-0.3, -0.25) is 4.79 Å². The van der Waals surface area contributed by atoms with Gasteiger partial charge < -0.3 is 10.1 Å². The van der Waals surface area contributed by atoms with Crippen molar-refractivity contribution in [2.45, 2.75) is 35.6 Å². The average molecular weight is 395 g/mol. The minimum atomic E-state index is -2.70. The molecule has 1 aliphatic carbocycles. The quantitative estimate of drug-likeness (QED) is 0.561. The van der Waals surface area contributed by atoms with Crippen molar-refractivity contribution in [3.8, 4) is 0 Å². The number of ether oxygens (including phenoxy) is 1. The van der Waals surface area contributed by atoms with Crippen LogP contribution in [0.1, 0.15) is 34.9 Å². The lowest BCUT2D eigenvalue weighted by molar-refractivity contribution is -0.130. The molecule has 4 nitrogen and oxygen atoms in total. The first kappa shape index (κ1) is 19.3. The minimum Gasteiger partial charge on any atom is -0.444 e. The lowest BCUT2D eigenvalue weighted by Gasteiger charge is -2.19. The summed E-state index contributed by atoms with van der Waals surface area (Å²) >= 11 is 0.223. The number of halogens is 3. The molecule has 142 valence electrons. The van der Waals surface area contributed by atoms with Gasteiger partial charge in [0.1, 0.15) is 5.82 Å². The van der Waals surface area contributed by atoms with Gasteiger partial charge in [-0.25, -0.2) is 9.18 Å². The molecule has 0 bridgehead atoms. The van der Waals surface area contributed by atoms with E-state index in [1.807, 2.05) is 0 Å². The number of amides is 1. The van der Waals surface area contributed by atoms with Gasteiger partial charge in [-0.1, -0.05) is 36.0 Å². The maximum Gasteiger partial charge on any atom is 0.340 e. The highest BCUT2D eigenvalue weighted by Gasteiger charge is 2.31. The van der Waals surface area contributed by atoms with Crippen molar-refractivity contribution in [3.05, 3.63) is 65.5 Å². The van der Waals surface area contributed by atoms with Crippen molar-refractivity contribution < 1.29 is 27.5 Å². The Morgan fingerprint density at radius 1 is 1.07 bits per heavy atom. The molecule has 1 fully saturated rings. The van der Waals surface area contributed by atoms with Crippen LogP contribution in [-0.4, -0.2) is 23.7 Å². The molecule has 1 amide bonds. The summed E-state index contributed by atoms with van der Waals surface area (Å²) in [5.41, 5.74) is 0.232. The number of esters is 1. The van der Waals surface area contributed by atoms with Crippen molar-refractivity contribution in [1.29, 1.82) is 0 Å². The number of carbonyl (C=O) groups excluding carboxylic acids is 2. The fourth-order valence-electron chi connectivity index (χ4n) is 2.42. The molecule has 8 heteroatoms. The summed E-state index contributed by atoms with van der Waals surface area (Å²) in [6.07, 6.45) is 0.371. The number of carbonyl (C=O) groups is 2. The van der Waals surface area contributed by atoms with Crippen molar-refractivity contribution in [1.82, 2.24) is 5.32 Å². The van der Waals surface area contributed by atoms with E-state index in [1.165, 1.54) is 36.4 Å². The van der Waals surface area contributed by atoms with Crippen LogP contribution in [0, 0.1) is 5.82 Å². The number of alkyl halides is 2. The number of hydrogen-bond donors (Lipinski definition) is 1. The van der Waals surface area contributed by atoms with Crippen molar-refractivity contribution in [3.63, 3.8) is 0 Å². The number of thioether (sulfide) groups is 1. The molecule has 1 saturated carbocycles. The monoisotopic (exact) mass is 395 g/mol. The third kappa shape index (κ3) is 5.26. The Bertz CT molecular complexity index is 825. The predicted molar refractivity (Wildman–Crippen MR) is 94.0 cm³/mol. The molecule has 0 aromatic heterocycles. The van der Waals surface area contributed by atoms with Crippen LogP contribution in [0.2, 0.25) is 0 Å². The SMILES string of the molecule is O=C(OC(C(=O)NC1CC1)c1ccc(F)cc1)c1ccccc1SC(F)F. The normalized spacial score (nSPS) is 14.7. The van der Waals surface area contributed by atoms with Gasteiger partial charge in [0, 0.05) is 16.5 Å². The van der Waals surface area contributed by atoms with Crippen molar-refractivity contribution in [2.24, 2.45) is 0 Å². The third-order valence-corrected chi connectivity index (χ3v) is 4.67. The van der Waals surface area contributed by atoms with Gasteiger partial charge >= 0.3 is 5.97 Å². The number of rotatable bonds is 7. The van der Waals surface area contributed by atoms with E-state index < -0.39 is 29.6 Å². The van der Waals surface area contributed by atoms with E-state index in [9.17, 15) is 22.8 Å². The van der Waals surface area contributed by atoms with Crippen LogP contribution in [0.15, 0.2) is 53.4 Å². The zero-order valence-corrected chi connectivity index (χ0v) is 14.8. The van der Waals surface area contributed by atoms with E-state index in [2.05, 4.69) is 5.32 Å². The standard InChI is InChI=1S/C19H16F3NO3S/c20-12-7-5-11(6-8-12)16(17(24)23-13-9-10-13)26-18(25)14-3-1-2-4-15(14)27-19(21)22/h1-8,13,16,19H,9-10H2,(H,23,24). The topological polar surface area (TPSA) is 55.4 Å². The lowest BCUT2D eigenvalue weighted by Crippen LogP contribution is -2.33. The molecule has 2 aromatic rings. The Morgan fingerprint density at radius 2 is 1.74 bits per heavy atom. The molecule has 1 atom stereocenters. The predicted octanol–water partition coefficient (Wildman–Crippen LogP) is 4.32. The van der Waals surface area contributed by atoms with Gasteiger partial charge in [0.2, 0.25) is 6.10 Å². The summed E-state index contributed by atoms with van der Waals surface area (Å²) in [4.78, 5) is 25.1. The summed E-state index contributed by atoms with van der Waals surface area (Å²) in [5.74, 6) is -4.63. The highest BCUT2D eigenvalue weighted by atomic mass is 32.2. The van der Waals surface area contributed by atoms with Gasteiger partial charge in [-0.15, -0.1) is 0 Å². The minimum absolute atomic E-state index is 0.0285. The molecule has 1 N–H and O–H groups in total. The smallest absolute Gasteiger partial charge is 0.340 e. The molecule has 0 saturated heterocycles. The van der Waals surface area contributed by atoms with Crippen LogP contribution in [-0.2, 0) is 9.53 Å². The molecule has 0 radical (unpaired) electrons. The highest BCUT2D eigenvalue weighted by Crippen LogP contribution is 2.30. The maximum absolute atomic E-state index is 13.2. The Hall–Kier alpha value is -2.48. The lowest BCUT2D eigenvalue weighted by atomic mass is 10.1. The first-order chi connectivity index (χ1) is 12.9.